The molecule has 0 spiro atoms. The number of hydrogen-bond acceptors (Lipinski definition) is 3. The van der Waals surface area contributed by atoms with Gasteiger partial charge in [0.05, 0.1) is 12.6 Å². The molecule has 2 rings (SSSR count). The van der Waals surface area contributed by atoms with E-state index in [4.69, 9.17) is 4.74 Å². The fraction of sp³-hybridized carbons (Fsp3) is 0.353. The first kappa shape index (κ1) is 15.7. The van der Waals surface area contributed by atoms with Crippen LogP contribution in [-0.2, 0) is 11.3 Å². The predicted molar refractivity (Wildman–Crippen MR) is 86.5 cm³/mol. The third-order valence-electron chi connectivity index (χ3n) is 3.33. The van der Waals surface area contributed by atoms with Gasteiger partial charge in [0.1, 0.15) is 0 Å². The van der Waals surface area contributed by atoms with E-state index in [1.807, 2.05) is 35.7 Å². The maximum atomic E-state index is 12.4. The molecule has 1 atom stereocenters. The second-order valence-electron chi connectivity index (χ2n) is 5.34. The van der Waals surface area contributed by atoms with Gasteiger partial charge in [-0.3, -0.25) is 4.79 Å². The first-order valence-corrected chi connectivity index (χ1v) is 7.92. The molecule has 0 bridgehead atoms. The lowest BCUT2D eigenvalue weighted by atomic mass is 10.0. The van der Waals surface area contributed by atoms with Gasteiger partial charge in [-0.05, 0) is 35.1 Å². The van der Waals surface area contributed by atoms with E-state index in [0.29, 0.717) is 18.1 Å². The third kappa shape index (κ3) is 4.16. The van der Waals surface area contributed by atoms with Crippen LogP contribution in [0, 0.1) is 5.92 Å². The zero-order valence-electron chi connectivity index (χ0n) is 12.6. The van der Waals surface area contributed by atoms with E-state index in [2.05, 4.69) is 25.2 Å². The van der Waals surface area contributed by atoms with Crippen LogP contribution in [-0.4, -0.2) is 13.0 Å². The van der Waals surface area contributed by atoms with Crippen molar-refractivity contribution in [3.05, 3.63) is 57.8 Å². The Kier molecular flexibility index (Phi) is 5.53. The van der Waals surface area contributed by atoms with Gasteiger partial charge in [-0.1, -0.05) is 32.0 Å². The van der Waals surface area contributed by atoms with E-state index in [1.165, 1.54) is 4.88 Å². The van der Waals surface area contributed by atoms with Crippen LogP contribution in [0.25, 0.3) is 0 Å². The Morgan fingerprint density at radius 1 is 1.24 bits per heavy atom. The average Bonchev–Trinajstić information content (AvgIpc) is 2.99. The molecule has 112 valence electrons. The minimum atomic E-state index is -0.0360. The van der Waals surface area contributed by atoms with Gasteiger partial charge in [0, 0.05) is 17.6 Å². The Bertz CT molecular complexity index is 561. The number of ether oxygens (including phenoxy) is 1. The smallest absolute Gasteiger partial charge is 0.251 e. The molecule has 1 aromatic carbocycles. The van der Waals surface area contributed by atoms with Crippen LogP contribution in [0.1, 0.15) is 40.7 Å². The molecule has 1 N–H and O–H groups in total. The number of rotatable bonds is 6. The molecule has 0 aliphatic heterocycles. The van der Waals surface area contributed by atoms with Gasteiger partial charge in [-0.25, -0.2) is 0 Å². The zero-order valence-corrected chi connectivity index (χ0v) is 13.4. The van der Waals surface area contributed by atoms with Gasteiger partial charge in [0.25, 0.3) is 5.91 Å². The summed E-state index contributed by atoms with van der Waals surface area (Å²) in [7, 11) is 1.66. The van der Waals surface area contributed by atoms with Crippen molar-refractivity contribution in [2.24, 2.45) is 5.92 Å². The first-order valence-electron chi connectivity index (χ1n) is 7.04. The van der Waals surface area contributed by atoms with E-state index in [-0.39, 0.29) is 11.9 Å². The summed E-state index contributed by atoms with van der Waals surface area (Å²) >= 11 is 1.67. The van der Waals surface area contributed by atoms with E-state index < -0.39 is 0 Å². The summed E-state index contributed by atoms with van der Waals surface area (Å²) in [5.41, 5.74) is 1.74. The monoisotopic (exact) mass is 303 g/mol. The highest BCUT2D eigenvalue weighted by molar-refractivity contribution is 7.10. The molecule has 1 heterocycles. The second kappa shape index (κ2) is 7.38. The van der Waals surface area contributed by atoms with Gasteiger partial charge in [0.15, 0.2) is 0 Å². The second-order valence-corrected chi connectivity index (χ2v) is 6.32. The molecule has 21 heavy (non-hydrogen) atoms. The molecule has 4 heteroatoms. The highest BCUT2D eigenvalue weighted by Gasteiger charge is 2.19. The fourth-order valence-corrected chi connectivity index (χ4v) is 3.13. The van der Waals surface area contributed by atoms with E-state index >= 15 is 0 Å². The molecule has 3 nitrogen and oxygen atoms in total. The largest absolute Gasteiger partial charge is 0.380 e. The number of methoxy groups -OCH3 is 1. The van der Waals surface area contributed by atoms with E-state index in [0.717, 1.165) is 5.56 Å². The minimum Gasteiger partial charge on any atom is -0.380 e. The van der Waals surface area contributed by atoms with E-state index in [9.17, 15) is 4.79 Å². The average molecular weight is 303 g/mol. The topological polar surface area (TPSA) is 38.3 Å². The van der Waals surface area contributed by atoms with Crippen LogP contribution >= 0.6 is 11.3 Å². The number of hydrogen-bond donors (Lipinski definition) is 1. The normalized spacial score (nSPS) is 12.4. The predicted octanol–water partition coefficient (Wildman–Crippen LogP) is 4.02. The number of amides is 1. The van der Waals surface area contributed by atoms with E-state index in [1.54, 1.807) is 18.4 Å². The van der Waals surface area contributed by atoms with Crippen LogP contribution in [0.5, 0.6) is 0 Å². The molecule has 0 aliphatic carbocycles. The Labute approximate surface area is 130 Å². The SMILES string of the molecule is COCc1ccc(C(=O)N[C@H](c2cccs2)C(C)C)cc1. The summed E-state index contributed by atoms with van der Waals surface area (Å²) in [6.07, 6.45) is 0. The molecule has 0 unspecified atom stereocenters. The van der Waals surface area contributed by atoms with Crippen molar-refractivity contribution in [3.63, 3.8) is 0 Å². The quantitative estimate of drug-likeness (QED) is 0.875. The minimum absolute atomic E-state index is 0.0360. The van der Waals surface area contributed by atoms with Crippen molar-refractivity contribution in [2.75, 3.05) is 7.11 Å². The number of carbonyl (C=O) groups is 1. The molecule has 0 saturated carbocycles. The van der Waals surface area contributed by atoms with Crippen LogP contribution in [0.3, 0.4) is 0 Å². The van der Waals surface area contributed by atoms with Gasteiger partial charge in [-0.15, -0.1) is 11.3 Å². The molecule has 0 saturated heterocycles. The maximum absolute atomic E-state index is 12.4. The summed E-state index contributed by atoms with van der Waals surface area (Å²) < 4.78 is 5.07. The van der Waals surface area contributed by atoms with Crippen LogP contribution < -0.4 is 5.32 Å². The highest BCUT2D eigenvalue weighted by Crippen LogP contribution is 2.26. The van der Waals surface area contributed by atoms with Crippen molar-refractivity contribution in [1.29, 1.82) is 0 Å². The van der Waals surface area contributed by atoms with Crippen molar-refractivity contribution in [2.45, 2.75) is 26.5 Å². The van der Waals surface area contributed by atoms with Crippen molar-refractivity contribution < 1.29 is 9.53 Å². The number of nitrogens with one attached hydrogen (secondary N) is 1. The lowest BCUT2D eigenvalue weighted by Crippen LogP contribution is -2.31. The Morgan fingerprint density at radius 3 is 2.48 bits per heavy atom. The van der Waals surface area contributed by atoms with Crippen molar-refractivity contribution in [3.8, 4) is 0 Å². The standard InChI is InChI=1S/C17H21NO2S/c1-12(2)16(15-5-4-10-21-15)18-17(19)14-8-6-13(7-9-14)11-20-3/h4-10,12,16H,11H2,1-3H3,(H,18,19)/t16-/m0/s1. The number of benzene rings is 1. The van der Waals surface area contributed by atoms with Crippen molar-refractivity contribution >= 4 is 17.2 Å². The molecule has 1 amide bonds. The van der Waals surface area contributed by atoms with Crippen LogP contribution in [0.4, 0.5) is 0 Å². The molecule has 0 fully saturated rings. The van der Waals surface area contributed by atoms with Crippen LogP contribution in [0.2, 0.25) is 0 Å². The first-order chi connectivity index (χ1) is 10.1. The number of thiophene rings is 1. The molecule has 0 aliphatic rings. The summed E-state index contributed by atoms with van der Waals surface area (Å²) in [6.45, 7) is 4.80. The molecule has 2 aromatic rings. The van der Waals surface area contributed by atoms with Gasteiger partial charge < -0.3 is 10.1 Å². The summed E-state index contributed by atoms with van der Waals surface area (Å²) in [5.74, 6) is 0.312. The fourth-order valence-electron chi connectivity index (χ4n) is 2.18. The Morgan fingerprint density at radius 2 is 1.95 bits per heavy atom. The lowest BCUT2D eigenvalue weighted by Gasteiger charge is -2.21. The summed E-state index contributed by atoms with van der Waals surface area (Å²) in [6, 6.07) is 11.7. The Hall–Kier alpha value is -1.65. The van der Waals surface area contributed by atoms with Crippen LogP contribution in [0.15, 0.2) is 41.8 Å². The Balaban J connectivity index is 2.08. The summed E-state index contributed by atoms with van der Waals surface area (Å²) in [5, 5.41) is 5.16. The molecule has 1 aromatic heterocycles. The van der Waals surface area contributed by atoms with Gasteiger partial charge in [-0.2, -0.15) is 0 Å². The summed E-state index contributed by atoms with van der Waals surface area (Å²) in [4.78, 5) is 13.6. The van der Waals surface area contributed by atoms with Gasteiger partial charge in [0.2, 0.25) is 0 Å². The van der Waals surface area contributed by atoms with Crippen molar-refractivity contribution in [1.82, 2.24) is 5.32 Å². The molecule has 0 radical (unpaired) electrons. The zero-order chi connectivity index (χ0) is 15.2. The number of carbonyl (C=O) groups excluding carboxylic acids is 1. The third-order valence-corrected chi connectivity index (χ3v) is 4.29. The maximum Gasteiger partial charge on any atom is 0.251 e. The highest BCUT2D eigenvalue weighted by atomic mass is 32.1. The lowest BCUT2D eigenvalue weighted by molar-refractivity contribution is 0.0926. The molecular formula is C17H21NO2S. The van der Waals surface area contributed by atoms with Gasteiger partial charge >= 0.3 is 0 Å². The molecular weight excluding hydrogens is 282 g/mol.